The van der Waals surface area contributed by atoms with E-state index in [2.05, 4.69) is 30.0 Å². The molecular weight excluding hydrogens is 260 g/mol. The van der Waals surface area contributed by atoms with Gasteiger partial charge in [0.2, 0.25) is 0 Å². The quantitative estimate of drug-likeness (QED) is 0.769. The average Bonchev–Trinajstić information content (AvgIpc) is 2.50. The summed E-state index contributed by atoms with van der Waals surface area (Å²) in [5, 5.41) is 9.32. The Morgan fingerprint density at radius 1 is 1.05 bits per heavy atom. The summed E-state index contributed by atoms with van der Waals surface area (Å²) in [6.07, 6.45) is 0.888. The first kappa shape index (κ1) is 15.5. The zero-order valence-corrected chi connectivity index (χ0v) is 12.6. The van der Waals surface area contributed by atoms with Crippen LogP contribution in [0, 0.1) is 0 Å². The number of hydrogen-bond acceptors (Lipinski definition) is 3. The van der Waals surface area contributed by atoms with Gasteiger partial charge in [-0.3, -0.25) is 4.90 Å². The molecule has 112 valence electrons. The molecule has 2 rings (SSSR count). The van der Waals surface area contributed by atoms with E-state index in [9.17, 15) is 5.11 Å². The zero-order valence-electron chi connectivity index (χ0n) is 12.6. The van der Waals surface area contributed by atoms with Crippen LogP contribution in [0.5, 0.6) is 0 Å². The molecule has 0 spiro atoms. The van der Waals surface area contributed by atoms with Crippen LogP contribution in [0.25, 0.3) is 0 Å². The van der Waals surface area contributed by atoms with Crippen molar-refractivity contribution in [2.75, 3.05) is 18.9 Å². The van der Waals surface area contributed by atoms with E-state index in [-0.39, 0.29) is 6.61 Å². The molecule has 0 radical (unpaired) electrons. The van der Waals surface area contributed by atoms with Gasteiger partial charge in [-0.15, -0.1) is 0 Å². The van der Waals surface area contributed by atoms with Gasteiger partial charge in [0.05, 0.1) is 6.61 Å². The van der Waals surface area contributed by atoms with Gasteiger partial charge in [-0.25, -0.2) is 0 Å². The number of para-hydroxylation sites is 1. The maximum absolute atomic E-state index is 9.32. The zero-order chi connectivity index (χ0) is 15.1. The molecule has 0 aliphatic heterocycles. The SMILES string of the molecule is CC(Cc1ccccc1N)N(CCO)Cc1ccccc1. The van der Waals surface area contributed by atoms with Crippen LogP contribution in [0.2, 0.25) is 0 Å². The highest BCUT2D eigenvalue weighted by Crippen LogP contribution is 2.17. The standard InChI is InChI=1S/C18H24N2O/c1-15(13-17-9-5-6-10-18(17)19)20(11-12-21)14-16-7-3-2-4-8-16/h2-10,15,21H,11-14,19H2,1H3. The lowest BCUT2D eigenvalue weighted by Crippen LogP contribution is -2.36. The molecule has 3 heteroatoms. The third-order valence-electron chi connectivity index (χ3n) is 3.81. The molecule has 0 aromatic heterocycles. The second-order valence-electron chi connectivity index (χ2n) is 5.43. The van der Waals surface area contributed by atoms with Crippen molar-refractivity contribution in [3.8, 4) is 0 Å². The smallest absolute Gasteiger partial charge is 0.0558 e. The van der Waals surface area contributed by atoms with Crippen molar-refractivity contribution in [3.05, 3.63) is 65.7 Å². The van der Waals surface area contributed by atoms with Crippen molar-refractivity contribution in [1.29, 1.82) is 0 Å². The Bertz CT molecular complexity index is 542. The lowest BCUT2D eigenvalue weighted by Gasteiger charge is -2.29. The van der Waals surface area contributed by atoms with Crippen LogP contribution in [-0.4, -0.2) is 29.2 Å². The highest BCUT2D eigenvalue weighted by Gasteiger charge is 2.15. The van der Waals surface area contributed by atoms with Gasteiger partial charge in [0, 0.05) is 24.8 Å². The molecule has 0 aliphatic rings. The molecule has 0 fully saturated rings. The second kappa shape index (κ2) is 7.81. The largest absolute Gasteiger partial charge is 0.399 e. The molecule has 0 aliphatic carbocycles. The van der Waals surface area contributed by atoms with E-state index in [1.807, 2.05) is 36.4 Å². The Kier molecular flexibility index (Phi) is 5.78. The predicted octanol–water partition coefficient (Wildman–Crippen LogP) is 2.69. The molecule has 2 aromatic carbocycles. The fourth-order valence-corrected chi connectivity index (χ4v) is 2.57. The number of nitrogens with two attached hydrogens (primary N) is 1. The summed E-state index contributed by atoms with van der Waals surface area (Å²) in [6.45, 7) is 3.87. The van der Waals surface area contributed by atoms with Gasteiger partial charge >= 0.3 is 0 Å². The second-order valence-corrected chi connectivity index (χ2v) is 5.43. The van der Waals surface area contributed by atoms with Crippen molar-refractivity contribution in [2.45, 2.75) is 25.9 Å². The average molecular weight is 284 g/mol. The summed E-state index contributed by atoms with van der Waals surface area (Å²) >= 11 is 0. The summed E-state index contributed by atoms with van der Waals surface area (Å²) in [6, 6.07) is 18.7. The van der Waals surface area contributed by atoms with Crippen molar-refractivity contribution in [3.63, 3.8) is 0 Å². The highest BCUT2D eigenvalue weighted by atomic mass is 16.3. The summed E-state index contributed by atoms with van der Waals surface area (Å²) in [5.74, 6) is 0. The molecule has 0 heterocycles. The van der Waals surface area contributed by atoms with E-state index >= 15 is 0 Å². The topological polar surface area (TPSA) is 49.5 Å². The minimum absolute atomic E-state index is 0.168. The van der Waals surface area contributed by atoms with E-state index in [1.54, 1.807) is 0 Å². The maximum atomic E-state index is 9.32. The molecule has 3 N–H and O–H groups in total. The van der Waals surface area contributed by atoms with E-state index in [0.717, 1.165) is 18.7 Å². The van der Waals surface area contributed by atoms with Crippen LogP contribution in [0.3, 0.4) is 0 Å². The van der Waals surface area contributed by atoms with Crippen molar-refractivity contribution in [1.82, 2.24) is 4.90 Å². The lowest BCUT2D eigenvalue weighted by atomic mass is 10.0. The van der Waals surface area contributed by atoms with E-state index in [1.165, 1.54) is 11.1 Å². The summed E-state index contributed by atoms with van der Waals surface area (Å²) in [4.78, 5) is 2.29. The minimum Gasteiger partial charge on any atom is -0.399 e. The third kappa shape index (κ3) is 4.59. The van der Waals surface area contributed by atoms with Gasteiger partial charge in [-0.1, -0.05) is 48.5 Å². The Morgan fingerprint density at radius 3 is 2.38 bits per heavy atom. The molecule has 1 unspecified atom stereocenters. The highest BCUT2D eigenvalue weighted by molar-refractivity contribution is 5.46. The molecule has 2 aromatic rings. The fraction of sp³-hybridized carbons (Fsp3) is 0.333. The van der Waals surface area contributed by atoms with Crippen molar-refractivity contribution >= 4 is 5.69 Å². The number of benzene rings is 2. The molecule has 21 heavy (non-hydrogen) atoms. The monoisotopic (exact) mass is 284 g/mol. The fourth-order valence-electron chi connectivity index (χ4n) is 2.57. The van der Waals surface area contributed by atoms with Crippen LogP contribution >= 0.6 is 0 Å². The number of nitrogens with zero attached hydrogens (tertiary/aromatic N) is 1. The van der Waals surface area contributed by atoms with Crippen molar-refractivity contribution in [2.24, 2.45) is 0 Å². The van der Waals surface area contributed by atoms with Gasteiger partial charge in [-0.05, 0) is 30.5 Å². The van der Waals surface area contributed by atoms with Gasteiger partial charge in [0.1, 0.15) is 0 Å². The number of aliphatic hydroxyl groups excluding tert-OH is 1. The number of anilines is 1. The van der Waals surface area contributed by atoms with Gasteiger partial charge in [0.15, 0.2) is 0 Å². The first-order valence-corrected chi connectivity index (χ1v) is 7.43. The summed E-state index contributed by atoms with van der Waals surface area (Å²) < 4.78 is 0. The number of hydrogen-bond donors (Lipinski definition) is 2. The predicted molar refractivity (Wildman–Crippen MR) is 88.0 cm³/mol. The number of aliphatic hydroxyl groups is 1. The molecule has 3 nitrogen and oxygen atoms in total. The van der Waals surface area contributed by atoms with Crippen LogP contribution in [-0.2, 0) is 13.0 Å². The Balaban J connectivity index is 2.05. The molecule has 1 atom stereocenters. The normalized spacial score (nSPS) is 12.5. The van der Waals surface area contributed by atoms with Gasteiger partial charge in [0.25, 0.3) is 0 Å². The first-order valence-electron chi connectivity index (χ1n) is 7.43. The molecule has 0 saturated heterocycles. The van der Waals surface area contributed by atoms with E-state index in [4.69, 9.17) is 5.73 Å². The van der Waals surface area contributed by atoms with E-state index in [0.29, 0.717) is 12.6 Å². The third-order valence-corrected chi connectivity index (χ3v) is 3.81. The van der Waals surface area contributed by atoms with Crippen LogP contribution in [0.1, 0.15) is 18.1 Å². The molecule has 0 bridgehead atoms. The molecule has 0 amide bonds. The summed E-state index contributed by atoms with van der Waals surface area (Å²) in [5.41, 5.74) is 9.30. The number of rotatable bonds is 7. The van der Waals surface area contributed by atoms with Gasteiger partial charge < -0.3 is 10.8 Å². The van der Waals surface area contributed by atoms with Crippen LogP contribution in [0.4, 0.5) is 5.69 Å². The summed E-state index contributed by atoms with van der Waals surface area (Å²) in [7, 11) is 0. The van der Waals surface area contributed by atoms with Crippen LogP contribution in [0.15, 0.2) is 54.6 Å². The lowest BCUT2D eigenvalue weighted by molar-refractivity contribution is 0.150. The van der Waals surface area contributed by atoms with Gasteiger partial charge in [-0.2, -0.15) is 0 Å². The molecule has 0 saturated carbocycles. The Morgan fingerprint density at radius 2 is 1.71 bits per heavy atom. The Hall–Kier alpha value is -1.84. The Labute approximate surface area is 127 Å². The number of nitrogen functional groups attached to an aromatic ring is 1. The minimum atomic E-state index is 0.168. The molecular formula is C18H24N2O. The van der Waals surface area contributed by atoms with Crippen molar-refractivity contribution < 1.29 is 5.11 Å². The maximum Gasteiger partial charge on any atom is 0.0558 e. The van der Waals surface area contributed by atoms with Crippen LogP contribution < -0.4 is 5.73 Å². The first-order chi connectivity index (χ1) is 10.2. The van der Waals surface area contributed by atoms with E-state index < -0.39 is 0 Å².